The zero-order valence-electron chi connectivity index (χ0n) is 23.0. The van der Waals surface area contributed by atoms with E-state index < -0.39 is 11.8 Å². The van der Waals surface area contributed by atoms with Crippen molar-refractivity contribution in [2.24, 2.45) is 11.8 Å². The Labute approximate surface area is 228 Å². The third kappa shape index (κ3) is 5.54. The second-order valence-corrected chi connectivity index (χ2v) is 12.4. The minimum Gasteiger partial charge on any atom is -0.328 e. The van der Waals surface area contributed by atoms with Gasteiger partial charge in [-0.2, -0.15) is 0 Å². The first-order chi connectivity index (χ1) is 18.2. The molecule has 9 heteroatoms. The third-order valence-electron chi connectivity index (χ3n) is 7.81. The number of piperidine rings is 1. The Balaban J connectivity index is 1.33. The molecule has 0 saturated carbocycles. The first kappa shape index (κ1) is 26.6. The number of carbonyl (C=O) groups excluding carboxylic acids is 2. The average Bonchev–Trinajstić information content (AvgIpc) is 3.52. The lowest BCUT2D eigenvalue weighted by Gasteiger charge is -2.33. The van der Waals surface area contributed by atoms with E-state index in [1.165, 1.54) is 9.88 Å². The summed E-state index contributed by atoms with van der Waals surface area (Å²) in [5, 5.41) is 4.03. The fraction of sp³-hybridized carbons (Fsp3) is 0.517. The molecular formula is C29H38N6O2S. The number of amides is 2. The van der Waals surface area contributed by atoms with Crippen molar-refractivity contribution in [3.63, 3.8) is 0 Å². The number of nitrogens with zero attached hydrogens (tertiary/aromatic N) is 5. The van der Waals surface area contributed by atoms with Gasteiger partial charge in [-0.05, 0) is 69.3 Å². The number of fused-ring (bicyclic) bond motifs is 2. The van der Waals surface area contributed by atoms with Gasteiger partial charge < -0.3 is 19.5 Å². The molecule has 0 spiro atoms. The Morgan fingerprint density at radius 2 is 2.05 bits per heavy atom. The maximum Gasteiger partial charge on any atom is 0.313 e. The van der Waals surface area contributed by atoms with Crippen LogP contribution in [0, 0.1) is 11.8 Å². The summed E-state index contributed by atoms with van der Waals surface area (Å²) in [7, 11) is 2.19. The van der Waals surface area contributed by atoms with Crippen LogP contribution in [0.2, 0.25) is 0 Å². The molecule has 4 heterocycles. The van der Waals surface area contributed by atoms with Crippen LogP contribution < -0.4 is 5.32 Å². The summed E-state index contributed by atoms with van der Waals surface area (Å²) in [6.07, 6.45) is 10.5. The molecule has 1 fully saturated rings. The highest BCUT2D eigenvalue weighted by atomic mass is 32.1. The van der Waals surface area contributed by atoms with Gasteiger partial charge in [0.25, 0.3) is 0 Å². The van der Waals surface area contributed by atoms with Crippen molar-refractivity contribution < 1.29 is 9.59 Å². The molecule has 5 rings (SSSR count). The number of thiazole rings is 1. The lowest BCUT2D eigenvalue weighted by atomic mass is 9.87. The van der Waals surface area contributed by atoms with Crippen LogP contribution in [-0.2, 0) is 16.0 Å². The van der Waals surface area contributed by atoms with Gasteiger partial charge in [-0.15, -0.1) is 11.3 Å². The first-order valence-electron chi connectivity index (χ1n) is 13.6. The van der Waals surface area contributed by atoms with Gasteiger partial charge in [0.05, 0.1) is 16.7 Å². The lowest BCUT2D eigenvalue weighted by molar-refractivity contribution is -0.144. The summed E-state index contributed by atoms with van der Waals surface area (Å²) in [6.45, 7) is 11.2. The Kier molecular flexibility index (Phi) is 7.68. The van der Waals surface area contributed by atoms with E-state index in [2.05, 4.69) is 49.1 Å². The molecule has 0 aromatic carbocycles. The molecular weight excluding hydrogens is 496 g/mol. The average molecular weight is 535 g/mol. The van der Waals surface area contributed by atoms with E-state index in [4.69, 9.17) is 4.98 Å². The molecule has 0 radical (unpaired) electrons. The summed E-state index contributed by atoms with van der Waals surface area (Å²) in [6, 6.07) is 3.34. The van der Waals surface area contributed by atoms with E-state index in [0.29, 0.717) is 29.7 Å². The number of pyridine rings is 1. The summed E-state index contributed by atoms with van der Waals surface area (Å²) >= 11 is 1.87. The summed E-state index contributed by atoms with van der Waals surface area (Å²) < 4.78 is 1.85. The quantitative estimate of drug-likeness (QED) is 0.464. The van der Waals surface area contributed by atoms with Crippen LogP contribution in [0.5, 0.6) is 0 Å². The molecule has 0 bridgehead atoms. The number of nitrogens with one attached hydrogen (secondary N) is 1. The van der Waals surface area contributed by atoms with Crippen molar-refractivity contribution in [2.45, 2.75) is 58.9 Å². The maximum atomic E-state index is 13.4. The number of aryl methyl sites for hydroxylation is 1. The molecule has 1 aliphatic heterocycles. The van der Waals surface area contributed by atoms with E-state index in [1.807, 2.05) is 35.1 Å². The molecule has 2 aliphatic rings. The van der Waals surface area contributed by atoms with Crippen molar-refractivity contribution in [2.75, 3.05) is 32.0 Å². The molecule has 0 unspecified atom stereocenters. The van der Waals surface area contributed by atoms with Gasteiger partial charge in [0.1, 0.15) is 5.65 Å². The predicted molar refractivity (Wildman–Crippen MR) is 152 cm³/mol. The monoisotopic (exact) mass is 534 g/mol. The van der Waals surface area contributed by atoms with Gasteiger partial charge in [0, 0.05) is 54.2 Å². The smallest absolute Gasteiger partial charge is 0.313 e. The Morgan fingerprint density at radius 1 is 1.24 bits per heavy atom. The Bertz CT molecular complexity index is 1360. The van der Waals surface area contributed by atoms with E-state index >= 15 is 0 Å². The summed E-state index contributed by atoms with van der Waals surface area (Å²) in [5.74, 6) is 0.195. The SMILES string of the molecule is CC(C)CN(C(=O)C(=O)Nc1ccn2ccnc2c1)[C@H](C)C1=Cc2nc([C@H]3CCN(C)C[C@@H]3C)sc2CC1. The fourth-order valence-electron chi connectivity index (χ4n) is 5.70. The zero-order valence-corrected chi connectivity index (χ0v) is 23.8. The van der Waals surface area contributed by atoms with Crippen molar-refractivity contribution in [3.8, 4) is 0 Å². The lowest BCUT2D eigenvalue weighted by Crippen LogP contribution is -2.47. The van der Waals surface area contributed by atoms with Crippen molar-refractivity contribution >= 4 is 40.6 Å². The van der Waals surface area contributed by atoms with Gasteiger partial charge in [-0.1, -0.05) is 20.8 Å². The van der Waals surface area contributed by atoms with Crippen LogP contribution in [0.15, 0.2) is 36.3 Å². The molecule has 1 saturated heterocycles. The molecule has 1 aliphatic carbocycles. The maximum absolute atomic E-state index is 13.4. The van der Waals surface area contributed by atoms with Crippen molar-refractivity contribution in [1.29, 1.82) is 0 Å². The largest absolute Gasteiger partial charge is 0.328 e. The minimum atomic E-state index is -0.627. The van der Waals surface area contributed by atoms with Crippen molar-refractivity contribution in [1.82, 2.24) is 24.2 Å². The minimum absolute atomic E-state index is 0.189. The predicted octanol–water partition coefficient (Wildman–Crippen LogP) is 4.69. The highest BCUT2D eigenvalue weighted by Gasteiger charge is 2.32. The van der Waals surface area contributed by atoms with Gasteiger partial charge in [0.15, 0.2) is 0 Å². The van der Waals surface area contributed by atoms with Crippen LogP contribution in [0.25, 0.3) is 11.7 Å². The number of aromatic nitrogens is 3. The van der Waals surface area contributed by atoms with Gasteiger partial charge >= 0.3 is 11.8 Å². The van der Waals surface area contributed by atoms with Crippen LogP contribution in [0.3, 0.4) is 0 Å². The normalized spacial score (nSPS) is 20.7. The number of rotatable bonds is 6. The molecule has 3 aromatic heterocycles. The second-order valence-electron chi connectivity index (χ2n) is 11.3. The standard InChI is InChI=1S/C29H38N6O2S/c1-18(2)16-35(29(37)27(36)31-22-8-12-34-13-10-30-26(34)15-22)20(4)21-6-7-25-24(14-21)32-28(38-25)23-9-11-33(5)17-19(23)3/h8,10,12-15,18-20,23H,6-7,9,11,16-17H2,1-5H3,(H,31,36)/t19-,20+,23-/m0/s1. The zero-order chi connectivity index (χ0) is 27.0. The Hall–Kier alpha value is -3.04. The van der Waals surface area contributed by atoms with Gasteiger partial charge in [-0.25, -0.2) is 9.97 Å². The topological polar surface area (TPSA) is 82.8 Å². The molecule has 2 amide bonds. The molecule has 1 N–H and O–H groups in total. The number of likely N-dealkylation sites (tertiary alicyclic amines) is 1. The van der Waals surface area contributed by atoms with E-state index in [0.717, 1.165) is 43.6 Å². The highest BCUT2D eigenvalue weighted by molar-refractivity contribution is 7.12. The van der Waals surface area contributed by atoms with Crippen LogP contribution >= 0.6 is 11.3 Å². The first-order valence-corrected chi connectivity index (χ1v) is 14.4. The number of carbonyl (C=O) groups is 2. The fourth-order valence-corrected chi connectivity index (χ4v) is 7.01. The van der Waals surface area contributed by atoms with Gasteiger partial charge in [-0.3, -0.25) is 9.59 Å². The van der Waals surface area contributed by atoms with Crippen LogP contribution in [0.1, 0.15) is 62.0 Å². The molecule has 8 nitrogen and oxygen atoms in total. The Morgan fingerprint density at radius 3 is 2.82 bits per heavy atom. The summed E-state index contributed by atoms with van der Waals surface area (Å²) in [5.41, 5.74) is 3.48. The third-order valence-corrected chi connectivity index (χ3v) is 9.07. The molecule has 3 atom stereocenters. The van der Waals surface area contributed by atoms with E-state index in [1.54, 1.807) is 23.2 Å². The summed E-state index contributed by atoms with van der Waals surface area (Å²) in [4.78, 5) is 41.3. The number of imidazole rings is 1. The van der Waals surface area contributed by atoms with Crippen molar-refractivity contribution in [3.05, 3.63) is 51.9 Å². The van der Waals surface area contributed by atoms with Crippen LogP contribution in [-0.4, -0.2) is 68.7 Å². The molecule has 38 heavy (non-hydrogen) atoms. The van der Waals surface area contributed by atoms with E-state index in [-0.39, 0.29) is 12.0 Å². The number of anilines is 1. The second kappa shape index (κ2) is 11.0. The van der Waals surface area contributed by atoms with Crippen LogP contribution in [0.4, 0.5) is 5.69 Å². The molecule has 3 aromatic rings. The van der Waals surface area contributed by atoms with E-state index in [9.17, 15) is 9.59 Å². The highest BCUT2D eigenvalue weighted by Crippen LogP contribution is 2.39. The van der Waals surface area contributed by atoms with Gasteiger partial charge in [0.2, 0.25) is 0 Å². The molecule has 202 valence electrons. The number of hydrogen-bond donors (Lipinski definition) is 1. The number of hydrogen-bond acceptors (Lipinski definition) is 6.